The molecule has 13 heavy (non-hydrogen) atoms. The van der Waals surface area contributed by atoms with Crippen LogP contribution in [0.15, 0.2) is 24.8 Å². The van der Waals surface area contributed by atoms with E-state index in [-0.39, 0.29) is 0 Å². The van der Waals surface area contributed by atoms with Crippen molar-refractivity contribution in [1.82, 2.24) is 0 Å². The van der Waals surface area contributed by atoms with E-state index >= 15 is 0 Å². The van der Waals surface area contributed by atoms with Gasteiger partial charge in [-0.05, 0) is 30.9 Å². The summed E-state index contributed by atoms with van der Waals surface area (Å²) in [5.74, 6) is -1.46. The molecule has 0 aromatic heterocycles. The van der Waals surface area contributed by atoms with Crippen molar-refractivity contribution < 1.29 is 8.78 Å². The first-order chi connectivity index (χ1) is 6.16. The molecule has 0 unspecified atom stereocenters. The van der Waals surface area contributed by atoms with E-state index in [1.165, 1.54) is 0 Å². The molecule has 0 saturated carbocycles. The summed E-state index contributed by atoms with van der Waals surface area (Å²) in [5, 5.41) is 0. The van der Waals surface area contributed by atoms with Crippen LogP contribution in [0, 0.1) is 18.6 Å². The fraction of sp³-hybridized carbons (Fsp3) is 0.273. The van der Waals surface area contributed by atoms with E-state index in [9.17, 15) is 8.78 Å². The smallest absolute Gasteiger partial charge is 0.162 e. The number of benzene rings is 1. The maximum absolute atomic E-state index is 13.2. The predicted octanol–water partition coefficient (Wildman–Crippen LogP) is 3.39. The van der Waals surface area contributed by atoms with E-state index in [2.05, 4.69) is 6.58 Å². The van der Waals surface area contributed by atoms with Crippen molar-refractivity contribution in [3.63, 3.8) is 0 Å². The summed E-state index contributed by atoms with van der Waals surface area (Å²) in [6, 6.07) is 3.22. The molecule has 0 amide bonds. The van der Waals surface area contributed by atoms with Crippen LogP contribution in [0.4, 0.5) is 8.78 Å². The molecular formula is C11H12F2. The van der Waals surface area contributed by atoms with E-state index in [1.54, 1.807) is 25.1 Å². The van der Waals surface area contributed by atoms with Gasteiger partial charge in [0.1, 0.15) is 0 Å². The van der Waals surface area contributed by atoms with Crippen LogP contribution >= 0.6 is 0 Å². The minimum atomic E-state index is -0.735. The fourth-order valence-corrected chi connectivity index (χ4v) is 1.14. The summed E-state index contributed by atoms with van der Waals surface area (Å²) in [6.07, 6.45) is 2.86. The molecule has 0 N–H and O–H groups in total. The molecule has 0 aliphatic carbocycles. The van der Waals surface area contributed by atoms with Gasteiger partial charge in [-0.15, -0.1) is 6.58 Å². The summed E-state index contributed by atoms with van der Waals surface area (Å²) in [5.41, 5.74) is 0.767. The largest absolute Gasteiger partial charge is 0.203 e. The zero-order valence-corrected chi connectivity index (χ0v) is 7.61. The Balaban J connectivity index is 2.96. The molecular weight excluding hydrogens is 170 g/mol. The summed E-state index contributed by atoms with van der Waals surface area (Å²) in [7, 11) is 0. The molecule has 2 heteroatoms. The Morgan fingerprint density at radius 2 is 2.00 bits per heavy atom. The van der Waals surface area contributed by atoms with Gasteiger partial charge in [0, 0.05) is 0 Å². The molecule has 0 aliphatic heterocycles. The maximum atomic E-state index is 13.2. The van der Waals surface area contributed by atoms with E-state index in [0.29, 0.717) is 24.0 Å². The summed E-state index contributed by atoms with van der Waals surface area (Å²) >= 11 is 0. The number of rotatable bonds is 3. The van der Waals surface area contributed by atoms with Gasteiger partial charge >= 0.3 is 0 Å². The Kier molecular flexibility index (Phi) is 3.18. The molecule has 0 saturated heterocycles. The van der Waals surface area contributed by atoms with Crippen molar-refractivity contribution in [3.8, 4) is 0 Å². The number of allylic oxidation sites excluding steroid dienone is 1. The van der Waals surface area contributed by atoms with Crippen molar-refractivity contribution in [2.45, 2.75) is 19.8 Å². The van der Waals surface area contributed by atoms with Crippen molar-refractivity contribution in [1.29, 1.82) is 0 Å². The average Bonchev–Trinajstić information content (AvgIpc) is 2.13. The van der Waals surface area contributed by atoms with Crippen molar-refractivity contribution in [3.05, 3.63) is 47.5 Å². The van der Waals surface area contributed by atoms with Crippen LogP contribution in [-0.4, -0.2) is 0 Å². The zero-order valence-electron chi connectivity index (χ0n) is 7.61. The second-order valence-corrected chi connectivity index (χ2v) is 3.00. The summed E-state index contributed by atoms with van der Waals surface area (Å²) in [6.45, 7) is 5.08. The average molecular weight is 182 g/mol. The fourth-order valence-electron chi connectivity index (χ4n) is 1.14. The highest BCUT2D eigenvalue weighted by atomic mass is 19.2. The number of aryl methyl sites for hydroxylation is 2. The molecule has 0 bridgehead atoms. The predicted molar refractivity (Wildman–Crippen MR) is 49.6 cm³/mol. The van der Waals surface area contributed by atoms with Crippen molar-refractivity contribution in [2.75, 3.05) is 0 Å². The zero-order chi connectivity index (χ0) is 9.84. The second-order valence-electron chi connectivity index (χ2n) is 3.00. The Morgan fingerprint density at radius 1 is 1.31 bits per heavy atom. The van der Waals surface area contributed by atoms with Crippen molar-refractivity contribution in [2.24, 2.45) is 0 Å². The highest BCUT2D eigenvalue weighted by molar-refractivity contribution is 5.25. The first-order valence-electron chi connectivity index (χ1n) is 4.21. The quantitative estimate of drug-likeness (QED) is 0.628. The van der Waals surface area contributed by atoms with Crippen LogP contribution < -0.4 is 0 Å². The Bertz CT molecular complexity index is 316. The van der Waals surface area contributed by atoms with E-state index in [0.717, 1.165) is 0 Å². The molecule has 0 spiro atoms. The van der Waals surface area contributed by atoms with Crippen LogP contribution in [0.5, 0.6) is 0 Å². The first kappa shape index (κ1) is 9.90. The van der Waals surface area contributed by atoms with Gasteiger partial charge in [0.25, 0.3) is 0 Å². The van der Waals surface area contributed by atoms with Crippen LogP contribution in [0.2, 0.25) is 0 Å². The van der Waals surface area contributed by atoms with Gasteiger partial charge in [-0.25, -0.2) is 8.78 Å². The van der Waals surface area contributed by atoms with Crippen molar-refractivity contribution >= 4 is 0 Å². The minimum Gasteiger partial charge on any atom is -0.203 e. The minimum absolute atomic E-state index is 0.347. The summed E-state index contributed by atoms with van der Waals surface area (Å²) in [4.78, 5) is 0. The van der Waals surface area contributed by atoms with Gasteiger partial charge in [0.2, 0.25) is 0 Å². The third-order valence-corrected chi connectivity index (χ3v) is 1.97. The molecule has 1 aromatic carbocycles. The molecule has 0 nitrogen and oxygen atoms in total. The maximum Gasteiger partial charge on any atom is 0.162 e. The molecule has 0 fully saturated rings. The number of halogens is 2. The molecule has 1 rings (SSSR count). The van der Waals surface area contributed by atoms with E-state index < -0.39 is 11.6 Å². The third kappa shape index (κ3) is 2.14. The van der Waals surface area contributed by atoms with Crippen LogP contribution in [0.25, 0.3) is 0 Å². The Hall–Kier alpha value is -1.18. The highest BCUT2D eigenvalue weighted by Crippen LogP contribution is 2.16. The monoisotopic (exact) mass is 182 g/mol. The highest BCUT2D eigenvalue weighted by Gasteiger charge is 2.09. The lowest BCUT2D eigenvalue weighted by Gasteiger charge is -2.03. The van der Waals surface area contributed by atoms with Crippen LogP contribution in [0.3, 0.4) is 0 Å². The van der Waals surface area contributed by atoms with E-state index in [1.807, 2.05) is 0 Å². The van der Waals surface area contributed by atoms with Crippen LogP contribution in [0.1, 0.15) is 17.5 Å². The normalized spacial score (nSPS) is 10.1. The van der Waals surface area contributed by atoms with Gasteiger partial charge in [-0.3, -0.25) is 0 Å². The van der Waals surface area contributed by atoms with Gasteiger partial charge < -0.3 is 0 Å². The molecule has 0 aliphatic rings. The third-order valence-electron chi connectivity index (χ3n) is 1.97. The standard InChI is InChI=1S/C11H12F2/c1-3-4-5-9-7-6-8(2)10(12)11(9)13/h3,6-7H,1,4-5H2,2H3. The van der Waals surface area contributed by atoms with E-state index in [4.69, 9.17) is 0 Å². The molecule has 1 aromatic rings. The SMILES string of the molecule is C=CCCc1ccc(C)c(F)c1F. The van der Waals surface area contributed by atoms with Gasteiger partial charge in [0.05, 0.1) is 0 Å². The van der Waals surface area contributed by atoms with Crippen LogP contribution in [-0.2, 0) is 6.42 Å². The lowest BCUT2D eigenvalue weighted by Crippen LogP contribution is -1.96. The number of hydrogen-bond donors (Lipinski definition) is 0. The summed E-state index contributed by atoms with van der Waals surface area (Å²) < 4.78 is 26.2. The first-order valence-corrected chi connectivity index (χ1v) is 4.21. The van der Waals surface area contributed by atoms with Gasteiger partial charge in [-0.2, -0.15) is 0 Å². The lowest BCUT2D eigenvalue weighted by atomic mass is 10.1. The van der Waals surface area contributed by atoms with Gasteiger partial charge in [-0.1, -0.05) is 18.2 Å². The molecule has 0 atom stereocenters. The molecule has 70 valence electrons. The Morgan fingerprint density at radius 3 is 2.62 bits per heavy atom. The van der Waals surface area contributed by atoms with Gasteiger partial charge in [0.15, 0.2) is 11.6 Å². The number of hydrogen-bond acceptors (Lipinski definition) is 0. The Labute approximate surface area is 76.9 Å². The second kappa shape index (κ2) is 4.17. The molecule has 0 heterocycles. The lowest BCUT2D eigenvalue weighted by molar-refractivity contribution is 0.493. The topological polar surface area (TPSA) is 0 Å². The molecule has 0 radical (unpaired) electrons.